The molecule has 1 heterocycles. The number of hydrogen-bond acceptors (Lipinski definition) is 3. The van der Waals surface area contributed by atoms with Gasteiger partial charge in [-0.25, -0.2) is 0 Å². The van der Waals surface area contributed by atoms with E-state index in [4.69, 9.17) is 15.5 Å². The maximum Gasteiger partial charge on any atom is 0.304 e. The SMILES string of the molecule is COc1c(C(N)=O)ccc2c1ccn2Cc1ccc(BO)cc1. The van der Waals surface area contributed by atoms with E-state index in [1.165, 1.54) is 7.11 Å². The number of nitrogens with two attached hydrogens (primary N) is 1. The standard InChI is InChI=1S/C17H17BN2O3/c1-23-16-13-8-9-20(15(13)7-6-14(16)17(19)21)10-11-2-4-12(18-22)5-3-11/h2-9,18,22H,10H2,1H3,(H2,19,21). The molecule has 1 aromatic heterocycles. The molecule has 1 amide bonds. The molecule has 0 aliphatic rings. The normalized spacial score (nSPS) is 10.7. The molecule has 0 aliphatic carbocycles. The molecular formula is C17H17BN2O3. The minimum absolute atomic E-state index is 0.0415. The lowest BCUT2D eigenvalue weighted by molar-refractivity contribution is 0.0997. The molecule has 2 aromatic carbocycles. The number of ether oxygens (including phenoxy) is 1. The topological polar surface area (TPSA) is 77.5 Å². The highest BCUT2D eigenvalue weighted by atomic mass is 16.5. The predicted molar refractivity (Wildman–Crippen MR) is 91.6 cm³/mol. The molecule has 3 aromatic rings. The second kappa shape index (κ2) is 6.18. The van der Waals surface area contributed by atoms with Gasteiger partial charge < -0.3 is 20.1 Å². The van der Waals surface area contributed by atoms with Crippen molar-refractivity contribution in [3.8, 4) is 5.75 Å². The van der Waals surface area contributed by atoms with Crippen LogP contribution in [0.3, 0.4) is 0 Å². The number of rotatable bonds is 5. The van der Waals surface area contributed by atoms with Crippen LogP contribution >= 0.6 is 0 Å². The van der Waals surface area contributed by atoms with E-state index in [0.29, 0.717) is 17.9 Å². The molecule has 0 radical (unpaired) electrons. The van der Waals surface area contributed by atoms with Gasteiger partial charge in [0.15, 0.2) is 0 Å². The first-order valence-corrected chi connectivity index (χ1v) is 7.28. The van der Waals surface area contributed by atoms with Gasteiger partial charge in [-0.1, -0.05) is 29.7 Å². The van der Waals surface area contributed by atoms with E-state index in [9.17, 15) is 4.79 Å². The second-order valence-electron chi connectivity index (χ2n) is 5.36. The summed E-state index contributed by atoms with van der Waals surface area (Å²) >= 11 is 0. The summed E-state index contributed by atoms with van der Waals surface area (Å²) in [5.74, 6) is 0.000436. The lowest BCUT2D eigenvalue weighted by Gasteiger charge is -2.10. The lowest BCUT2D eigenvalue weighted by atomic mass is 9.88. The van der Waals surface area contributed by atoms with Crippen molar-refractivity contribution in [2.45, 2.75) is 6.54 Å². The fraction of sp³-hybridized carbons (Fsp3) is 0.118. The monoisotopic (exact) mass is 308 g/mol. The Kier molecular flexibility index (Phi) is 4.08. The van der Waals surface area contributed by atoms with Gasteiger partial charge in [0, 0.05) is 18.1 Å². The number of primary amides is 1. The van der Waals surface area contributed by atoms with Gasteiger partial charge in [-0.3, -0.25) is 4.79 Å². The molecule has 0 fully saturated rings. The Morgan fingerprint density at radius 2 is 1.96 bits per heavy atom. The minimum Gasteiger partial charge on any atom is -0.495 e. The smallest absolute Gasteiger partial charge is 0.304 e. The Hall–Kier alpha value is -2.73. The summed E-state index contributed by atoms with van der Waals surface area (Å²) in [6.45, 7) is 0.689. The van der Waals surface area contributed by atoms with E-state index in [-0.39, 0.29) is 7.48 Å². The quantitative estimate of drug-likeness (QED) is 0.683. The summed E-state index contributed by atoms with van der Waals surface area (Å²) in [7, 11) is 1.58. The summed E-state index contributed by atoms with van der Waals surface area (Å²) < 4.78 is 7.45. The molecule has 0 aliphatic heterocycles. The van der Waals surface area contributed by atoms with Gasteiger partial charge in [0.1, 0.15) is 5.75 Å². The molecule has 5 nitrogen and oxygen atoms in total. The van der Waals surface area contributed by atoms with E-state index in [0.717, 1.165) is 21.9 Å². The van der Waals surface area contributed by atoms with Crippen molar-refractivity contribution in [2.75, 3.05) is 7.11 Å². The maximum atomic E-state index is 11.5. The van der Waals surface area contributed by atoms with Gasteiger partial charge >= 0.3 is 7.48 Å². The van der Waals surface area contributed by atoms with Crippen LogP contribution in [-0.4, -0.2) is 30.1 Å². The molecule has 0 saturated carbocycles. The average Bonchev–Trinajstić information content (AvgIpc) is 2.97. The largest absolute Gasteiger partial charge is 0.495 e. The fourth-order valence-electron chi connectivity index (χ4n) is 2.74. The van der Waals surface area contributed by atoms with Crippen LogP contribution < -0.4 is 15.9 Å². The van der Waals surface area contributed by atoms with Crippen molar-refractivity contribution in [2.24, 2.45) is 5.73 Å². The van der Waals surface area contributed by atoms with Crippen LogP contribution in [-0.2, 0) is 6.54 Å². The molecule has 3 rings (SSSR count). The van der Waals surface area contributed by atoms with Crippen molar-refractivity contribution in [3.05, 3.63) is 59.8 Å². The van der Waals surface area contributed by atoms with E-state index >= 15 is 0 Å². The third-order valence-corrected chi connectivity index (χ3v) is 3.93. The fourth-order valence-corrected chi connectivity index (χ4v) is 2.74. The molecular weight excluding hydrogens is 291 g/mol. The lowest BCUT2D eigenvalue weighted by Crippen LogP contribution is -2.13. The Bertz CT molecular complexity index is 856. The van der Waals surface area contributed by atoms with Gasteiger partial charge in [-0.15, -0.1) is 0 Å². The molecule has 0 unspecified atom stereocenters. The van der Waals surface area contributed by atoms with Crippen molar-refractivity contribution in [1.29, 1.82) is 0 Å². The van der Waals surface area contributed by atoms with E-state index in [1.54, 1.807) is 6.07 Å². The number of hydrogen-bond donors (Lipinski definition) is 2. The van der Waals surface area contributed by atoms with Gasteiger partial charge in [0.05, 0.1) is 18.2 Å². The summed E-state index contributed by atoms with van der Waals surface area (Å²) in [5, 5.41) is 9.96. The van der Waals surface area contributed by atoms with Crippen molar-refractivity contribution in [3.63, 3.8) is 0 Å². The van der Waals surface area contributed by atoms with E-state index < -0.39 is 5.91 Å². The number of fused-ring (bicyclic) bond motifs is 1. The molecule has 0 atom stereocenters. The third kappa shape index (κ3) is 2.81. The number of aromatic nitrogens is 1. The first kappa shape index (κ1) is 15.2. The number of methoxy groups -OCH3 is 1. The zero-order valence-electron chi connectivity index (χ0n) is 12.8. The highest BCUT2D eigenvalue weighted by molar-refractivity contribution is 6.45. The van der Waals surface area contributed by atoms with Gasteiger partial charge in [0.25, 0.3) is 5.91 Å². The number of amides is 1. The summed E-state index contributed by atoms with van der Waals surface area (Å²) in [6, 6.07) is 13.3. The molecule has 6 heteroatoms. The van der Waals surface area contributed by atoms with Crippen LogP contribution in [0.2, 0.25) is 0 Å². The first-order valence-electron chi connectivity index (χ1n) is 7.28. The Labute approximate surface area is 134 Å². The summed E-state index contributed by atoms with van der Waals surface area (Å²) in [5.41, 5.74) is 8.75. The molecule has 0 bridgehead atoms. The van der Waals surface area contributed by atoms with Gasteiger partial charge in [-0.2, -0.15) is 0 Å². The first-order chi connectivity index (χ1) is 11.1. The minimum atomic E-state index is -0.504. The second-order valence-corrected chi connectivity index (χ2v) is 5.36. The zero-order valence-corrected chi connectivity index (χ0v) is 12.8. The van der Waals surface area contributed by atoms with Crippen LogP contribution in [0, 0.1) is 0 Å². The van der Waals surface area contributed by atoms with Crippen LogP contribution in [0.15, 0.2) is 48.7 Å². The van der Waals surface area contributed by atoms with Crippen LogP contribution in [0.1, 0.15) is 15.9 Å². The highest BCUT2D eigenvalue weighted by Gasteiger charge is 2.14. The van der Waals surface area contributed by atoms with Crippen LogP contribution in [0.5, 0.6) is 5.75 Å². The number of benzene rings is 2. The molecule has 116 valence electrons. The number of carbonyl (C=O) groups is 1. The maximum absolute atomic E-state index is 11.5. The van der Waals surface area contributed by atoms with Crippen LogP contribution in [0.4, 0.5) is 0 Å². The number of nitrogens with zero attached hydrogens (tertiary/aromatic N) is 1. The third-order valence-electron chi connectivity index (χ3n) is 3.93. The average molecular weight is 308 g/mol. The molecule has 0 saturated heterocycles. The molecule has 3 N–H and O–H groups in total. The van der Waals surface area contributed by atoms with Crippen molar-refractivity contribution >= 4 is 29.8 Å². The summed E-state index contributed by atoms with van der Waals surface area (Å²) in [6.07, 6.45) is 1.96. The molecule has 0 spiro atoms. The van der Waals surface area contributed by atoms with Crippen molar-refractivity contribution in [1.82, 2.24) is 4.57 Å². The van der Waals surface area contributed by atoms with E-state index in [2.05, 4.69) is 4.57 Å². The Morgan fingerprint density at radius 1 is 1.22 bits per heavy atom. The zero-order chi connectivity index (χ0) is 16.4. The highest BCUT2D eigenvalue weighted by Crippen LogP contribution is 2.30. The van der Waals surface area contributed by atoms with Crippen molar-refractivity contribution < 1.29 is 14.6 Å². The van der Waals surface area contributed by atoms with Gasteiger partial charge in [-0.05, 0) is 23.8 Å². The Balaban J connectivity index is 2.00. The number of carbonyl (C=O) groups excluding carboxylic acids is 1. The molecule has 23 heavy (non-hydrogen) atoms. The predicted octanol–water partition coefficient (Wildman–Crippen LogP) is 0.766. The summed E-state index contributed by atoms with van der Waals surface area (Å²) in [4.78, 5) is 11.5. The van der Waals surface area contributed by atoms with Crippen LogP contribution in [0.25, 0.3) is 10.9 Å². The van der Waals surface area contributed by atoms with Gasteiger partial charge in [0.2, 0.25) is 0 Å². The Morgan fingerprint density at radius 3 is 2.57 bits per heavy atom. The van der Waals surface area contributed by atoms with E-state index in [1.807, 2.05) is 42.6 Å².